The van der Waals surface area contributed by atoms with Crippen LogP contribution >= 0.6 is 0 Å². The van der Waals surface area contributed by atoms with E-state index in [2.05, 4.69) is 76.5 Å². The van der Waals surface area contributed by atoms with Gasteiger partial charge in [-0.25, -0.2) is 0 Å². The molecule has 2 aromatic carbocycles. The Balaban J connectivity index is 1.47. The molecule has 4 aromatic rings. The van der Waals surface area contributed by atoms with Crippen molar-refractivity contribution in [3.8, 4) is 0 Å². The number of rotatable bonds is 7. The van der Waals surface area contributed by atoms with Crippen LogP contribution in [0.25, 0.3) is 10.9 Å². The van der Waals surface area contributed by atoms with Crippen molar-refractivity contribution in [2.75, 3.05) is 13.1 Å². The summed E-state index contributed by atoms with van der Waals surface area (Å²) in [6.45, 7) is 7.30. The molecule has 5 heterocycles. The molecule has 3 aliphatic rings. The second-order valence-electron chi connectivity index (χ2n) is 10.6. The minimum absolute atomic E-state index is 0.132. The molecular formula is C32H33N4O+. The molecule has 3 saturated heterocycles. The van der Waals surface area contributed by atoms with Gasteiger partial charge in [0.05, 0.1) is 18.6 Å². The van der Waals surface area contributed by atoms with E-state index in [1.807, 2.05) is 30.5 Å². The highest BCUT2D eigenvalue weighted by molar-refractivity contribution is 5.93. The summed E-state index contributed by atoms with van der Waals surface area (Å²) in [6.07, 6.45) is 7.96. The average molecular weight is 490 g/mol. The number of hydrogen-bond donors (Lipinski definition) is 1. The van der Waals surface area contributed by atoms with Gasteiger partial charge in [-0.1, -0.05) is 60.7 Å². The molecule has 37 heavy (non-hydrogen) atoms. The first-order chi connectivity index (χ1) is 18.2. The predicted octanol–water partition coefficient (Wildman–Crippen LogP) is 5.71. The zero-order valence-corrected chi connectivity index (χ0v) is 21.0. The van der Waals surface area contributed by atoms with Crippen LogP contribution in [0.2, 0.25) is 0 Å². The maximum absolute atomic E-state index is 13.6. The number of pyridine rings is 2. The lowest BCUT2D eigenvalue weighted by Crippen LogP contribution is -2.69. The van der Waals surface area contributed by atoms with E-state index in [-0.39, 0.29) is 18.0 Å². The molecule has 186 valence electrons. The van der Waals surface area contributed by atoms with Gasteiger partial charge in [-0.05, 0) is 35.7 Å². The van der Waals surface area contributed by atoms with E-state index in [9.17, 15) is 4.79 Å². The minimum Gasteiger partial charge on any atom is -0.338 e. The Bertz CT molecular complexity index is 1400. The van der Waals surface area contributed by atoms with Crippen molar-refractivity contribution in [3.63, 3.8) is 0 Å². The molecule has 3 aliphatic heterocycles. The number of hydrogen-bond acceptors (Lipinski definition) is 3. The van der Waals surface area contributed by atoms with E-state index in [1.165, 1.54) is 12.0 Å². The van der Waals surface area contributed by atoms with Crippen LogP contribution in [-0.2, 0) is 6.54 Å². The fraction of sp³-hybridized carbons (Fsp3) is 0.281. The summed E-state index contributed by atoms with van der Waals surface area (Å²) in [5, 5.41) is 4.56. The molecular weight excluding hydrogens is 456 g/mol. The van der Waals surface area contributed by atoms with Crippen LogP contribution in [0.3, 0.4) is 0 Å². The Hall–Kier alpha value is -3.83. The van der Waals surface area contributed by atoms with Crippen molar-refractivity contribution in [2.24, 2.45) is 11.8 Å². The first kappa shape index (κ1) is 23.6. The van der Waals surface area contributed by atoms with E-state index < -0.39 is 0 Å². The summed E-state index contributed by atoms with van der Waals surface area (Å²) in [5.41, 5.74) is 3.87. The van der Waals surface area contributed by atoms with Crippen LogP contribution in [0.5, 0.6) is 0 Å². The number of amides is 1. The maximum atomic E-state index is 13.6. The van der Waals surface area contributed by atoms with E-state index >= 15 is 0 Å². The topological polar surface area (TPSA) is 54.9 Å². The van der Waals surface area contributed by atoms with Gasteiger partial charge in [-0.2, -0.15) is 0 Å². The molecule has 7 rings (SSSR count). The predicted molar refractivity (Wildman–Crippen MR) is 147 cm³/mol. The van der Waals surface area contributed by atoms with Gasteiger partial charge in [-0.3, -0.25) is 14.8 Å². The Morgan fingerprint density at radius 3 is 2.62 bits per heavy atom. The van der Waals surface area contributed by atoms with Crippen LogP contribution in [0.1, 0.15) is 40.5 Å². The molecule has 0 spiro atoms. The molecule has 1 amide bonds. The Morgan fingerprint density at radius 1 is 1.00 bits per heavy atom. The largest absolute Gasteiger partial charge is 0.338 e. The molecule has 0 radical (unpaired) electrons. The maximum Gasteiger partial charge on any atom is 0.270 e. The summed E-state index contributed by atoms with van der Waals surface area (Å²) in [6, 6.07) is 26.7. The van der Waals surface area contributed by atoms with Gasteiger partial charge in [0.2, 0.25) is 0 Å². The average Bonchev–Trinajstić information content (AvgIpc) is 2.96. The number of carbonyl (C=O) groups is 1. The van der Waals surface area contributed by atoms with E-state index in [4.69, 9.17) is 0 Å². The molecule has 0 saturated carbocycles. The third kappa shape index (κ3) is 4.44. The standard InChI is InChI=1S/C32H32N4O/c1-2-24-22-36(21-23-10-4-3-5-11-23)19-16-25(24)20-30(36)31(35-32(37)29-14-8-9-17-33-29)27-15-18-34-28-13-7-6-12-26(27)28/h2-15,17-18,24-25,30-31H,1,16,19-22H2/p+1/t24-,25-,30+,31+,36+/m0/s1. The molecule has 2 bridgehead atoms. The summed E-state index contributed by atoms with van der Waals surface area (Å²) >= 11 is 0. The first-order valence-corrected chi connectivity index (χ1v) is 13.2. The highest BCUT2D eigenvalue weighted by atomic mass is 16.2. The molecule has 0 unspecified atom stereocenters. The van der Waals surface area contributed by atoms with Crippen LogP contribution in [0, 0.1) is 11.8 Å². The third-order valence-corrected chi connectivity index (χ3v) is 8.60. The van der Waals surface area contributed by atoms with E-state index in [1.54, 1.807) is 12.3 Å². The normalized spacial score (nSPS) is 25.5. The van der Waals surface area contributed by atoms with Crippen LogP contribution in [-0.4, -0.2) is 39.5 Å². The number of quaternary nitrogens is 1. The van der Waals surface area contributed by atoms with Crippen molar-refractivity contribution >= 4 is 16.8 Å². The zero-order valence-electron chi connectivity index (χ0n) is 21.0. The quantitative estimate of drug-likeness (QED) is 0.267. The van der Waals surface area contributed by atoms with Gasteiger partial charge in [0.25, 0.3) is 5.91 Å². The molecule has 1 N–H and O–H groups in total. The molecule has 2 aromatic heterocycles. The number of carbonyl (C=O) groups excluding carboxylic acids is 1. The first-order valence-electron chi connectivity index (χ1n) is 13.2. The summed E-state index contributed by atoms with van der Waals surface area (Å²) < 4.78 is 0.945. The monoisotopic (exact) mass is 489 g/mol. The highest BCUT2D eigenvalue weighted by Gasteiger charge is 2.54. The molecule has 0 aliphatic carbocycles. The molecule has 5 heteroatoms. The number of fused-ring (bicyclic) bond motifs is 4. The van der Waals surface area contributed by atoms with Gasteiger partial charge < -0.3 is 9.80 Å². The lowest BCUT2D eigenvalue weighted by molar-refractivity contribution is -0.983. The van der Waals surface area contributed by atoms with Crippen molar-refractivity contribution in [2.45, 2.75) is 31.5 Å². The van der Waals surface area contributed by atoms with Gasteiger partial charge in [-0.15, -0.1) is 6.58 Å². The number of piperidine rings is 3. The molecule has 3 fully saturated rings. The van der Waals surface area contributed by atoms with Gasteiger partial charge >= 0.3 is 0 Å². The summed E-state index contributed by atoms with van der Waals surface area (Å²) in [5.74, 6) is 0.947. The van der Waals surface area contributed by atoms with Crippen LogP contribution in [0.4, 0.5) is 0 Å². The Labute approximate surface area is 218 Å². The number of nitrogens with zero attached hydrogens (tertiary/aromatic N) is 3. The Morgan fingerprint density at radius 2 is 1.81 bits per heavy atom. The fourth-order valence-corrected chi connectivity index (χ4v) is 6.83. The number of benzene rings is 2. The van der Waals surface area contributed by atoms with Crippen molar-refractivity contribution in [1.82, 2.24) is 15.3 Å². The number of aromatic nitrogens is 2. The second kappa shape index (κ2) is 9.91. The van der Waals surface area contributed by atoms with Crippen molar-refractivity contribution < 1.29 is 9.28 Å². The smallest absolute Gasteiger partial charge is 0.270 e. The lowest BCUT2D eigenvalue weighted by atomic mass is 9.70. The summed E-state index contributed by atoms with van der Waals surface area (Å²) in [4.78, 5) is 22.6. The van der Waals surface area contributed by atoms with Crippen LogP contribution in [0.15, 0.2) is 104 Å². The van der Waals surface area contributed by atoms with E-state index in [0.29, 0.717) is 17.5 Å². The fourth-order valence-electron chi connectivity index (χ4n) is 6.83. The lowest BCUT2D eigenvalue weighted by Gasteiger charge is -2.59. The second-order valence-corrected chi connectivity index (χ2v) is 10.6. The van der Waals surface area contributed by atoms with Gasteiger partial charge in [0.1, 0.15) is 24.3 Å². The number of para-hydroxylation sites is 1. The van der Waals surface area contributed by atoms with E-state index in [0.717, 1.165) is 47.0 Å². The van der Waals surface area contributed by atoms with Crippen molar-refractivity contribution in [3.05, 3.63) is 121 Å². The minimum atomic E-state index is -0.167. The number of nitrogens with one attached hydrogen (secondary N) is 1. The van der Waals surface area contributed by atoms with Gasteiger partial charge in [0, 0.05) is 42.1 Å². The SMILES string of the molecule is C=C[C@H]1C[N@+]2(Cc3ccccc3)CC[C@H]1C[C@@H]2[C@H](NC(=O)c1ccccn1)c1ccnc2ccccc12. The van der Waals surface area contributed by atoms with Gasteiger partial charge in [0.15, 0.2) is 0 Å². The summed E-state index contributed by atoms with van der Waals surface area (Å²) in [7, 11) is 0. The third-order valence-electron chi connectivity index (χ3n) is 8.60. The molecule has 5 atom stereocenters. The molecule has 5 nitrogen and oxygen atoms in total. The van der Waals surface area contributed by atoms with Crippen LogP contribution < -0.4 is 5.32 Å². The zero-order chi connectivity index (χ0) is 25.2. The van der Waals surface area contributed by atoms with Crippen molar-refractivity contribution in [1.29, 1.82) is 0 Å². The Kier molecular flexibility index (Phi) is 6.31. The highest BCUT2D eigenvalue weighted by Crippen LogP contribution is 2.48.